The molecule has 3 heteroatoms. The quantitative estimate of drug-likeness (QED) is 0.381. The zero-order valence-electron chi connectivity index (χ0n) is 15.8. The van der Waals surface area contributed by atoms with Gasteiger partial charge in [-0.1, -0.05) is 54.6 Å². The Morgan fingerprint density at radius 1 is 0.815 bits per heavy atom. The van der Waals surface area contributed by atoms with Gasteiger partial charge in [-0.05, 0) is 47.9 Å². The molecule has 1 aromatic heterocycles. The maximum Gasteiger partial charge on any atom is 0.124 e. The van der Waals surface area contributed by atoms with Crippen LogP contribution in [-0.2, 0) is 0 Å². The molecule has 0 saturated carbocycles. The van der Waals surface area contributed by atoms with Gasteiger partial charge in [-0.3, -0.25) is 0 Å². The minimum atomic E-state index is 1.07. The van der Waals surface area contributed by atoms with Crippen molar-refractivity contribution in [3.63, 3.8) is 0 Å². The Kier molecular flexibility index (Phi) is 4.78. The molecule has 134 valence electrons. The number of hydrogen-bond donors (Lipinski definition) is 0. The monoisotopic (exact) mass is 370 g/mol. The highest BCUT2D eigenvalue weighted by Gasteiger charge is 2.06. The number of benzene rings is 3. The number of rotatable bonds is 4. The highest BCUT2D eigenvalue weighted by Crippen LogP contribution is 2.30. The molecule has 0 atom stereocenters. The summed E-state index contributed by atoms with van der Waals surface area (Å²) in [4.78, 5) is 6.89. The van der Waals surface area contributed by atoms with Crippen LogP contribution in [0.1, 0.15) is 16.7 Å². The van der Waals surface area contributed by atoms with Crippen LogP contribution in [0.3, 0.4) is 0 Å². The molecule has 0 amide bonds. The predicted molar refractivity (Wildman–Crippen MR) is 119 cm³/mol. The fourth-order valence-electron chi connectivity index (χ4n) is 2.97. The van der Waals surface area contributed by atoms with Gasteiger partial charge in [-0.15, -0.1) is 11.3 Å². The van der Waals surface area contributed by atoms with Crippen LogP contribution in [0, 0.1) is 6.92 Å². The van der Waals surface area contributed by atoms with Crippen LogP contribution in [0.25, 0.3) is 32.9 Å². The van der Waals surface area contributed by atoms with Crippen molar-refractivity contribution in [3.05, 3.63) is 83.4 Å². The average Bonchev–Trinajstić information content (AvgIpc) is 3.10. The summed E-state index contributed by atoms with van der Waals surface area (Å²) in [6.45, 7) is 2.10. The van der Waals surface area contributed by atoms with Crippen molar-refractivity contribution in [2.45, 2.75) is 6.92 Å². The van der Waals surface area contributed by atoms with E-state index in [2.05, 4.69) is 105 Å². The summed E-state index contributed by atoms with van der Waals surface area (Å²) in [7, 11) is 4.11. The van der Waals surface area contributed by atoms with Crippen molar-refractivity contribution in [2.75, 3.05) is 19.0 Å². The fourth-order valence-corrected chi connectivity index (χ4v) is 3.93. The molecule has 4 rings (SSSR count). The van der Waals surface area contributed by atoms with Gasteiger partial charge in [-0.2, -0.15) is 0 Å². The lowest BCUT2D eigenvalue weighted by molar-refractivity contribution is 1.13. The van der Waals surface area contributed by atoms with E-state index in [1.165, 1.54) is 32.6 Å². The first-order chi connectivity index (χ1) is 13.1. The molecule has 4 aromatic rings. The molecule has 1 heterocycles. The largest absolute Gasteiger partial charge is 0.378 e. The highest BCUT2D eigenvalue weighted by molar-refractivity contribution is 7.21. The molecule has 0 aliphatic carbocycles. The third-order valence-electron chi connectivity index (χ3n) is 4.58. The van der Waals surface area contributed by atoms with Gasteiger partial charge in [-0.25, -0.2) is 4.98 Å². The van der Waals surface area contributed by atoms with Gasteiger partial charge >= 0.3 is 0 Å². The zero-order chi connectivity index (χ0) is 18.8. The van der Waals surface area contributed by atoms with Crippen LogP contribution in [0.5, 0.6) is 0 Å². The van der Waals surface area contributed by atoms with Crippen molar-refractivity contribution in [3.8, 4) is 10.6 Å². The molecule has 0 N–H and O–H groups in total. The van der Waals surface area contributed by atoms with E-state index in [-0.39, 0.29) is 0 Å². The minimum Gasteiger partial charge on any atom is -0.378 e. The molecule has 0 saturated heterocycles. The third-order valence-corrected chi connectivity index (χ3v) is 5.66. The third kappa shape index (κ3) is 3.93. The fraction of sp³-hybridized carbons (Fsp3) is 0.125. The molecule has 3 aromatic carbocycles. The van der Waals surface area contributed by atoms with Crippen molar-refractivity contribution >= 4 is 39.4 Å². The molecule has 2 nitrogen and oxygen atoms in total. The first-order valence-electron chi connectivity index (χ1n) is 9.01. The van der Waals surface area contributed by atoms with Gasteiger partial charge in [0.1, 0.15) is 5.01 Å². The van der Waals surface area contributed by atoms with Gasteiger partial charge in [0.15, 0.2) is 0 Å². The molecule has 0 spiro atoms. The maximum atomic E-state index is 4.79. The Labute approximate surface area is 164 Å². The Morgan fingerprint density at radius 2 is 1.44 bits per heavy atom. The lowest BCUT2D eigenvalue weighted by Crippen LogP contribution is -2.07. The summed E-state index contributed by atoms with van der Waals surface area (Å²) in [6, 6.07) is 23.6. The summed E-state index contributed by atoms with van der Waals surface area (Å²) in [5.41, 5.74) is 7.10. The van der Waals surface area contributed by atoms with E-state index in [1.807, 2.05) is 0 Å². The van der Waals surface area contributed by atoms with E-state index in [9.17, 15) is 0 Å². The number of thiazole rings is 1. The summed E-state index contributed by atoms with van der Waals surface area (Å²) in [5.74, 6) is 0. The van der Waals surface area contributed by atoms with E-state index in [4.69, 9.17) is 4.98 Å². The number of aryl methyl sites for hydroxylation is 1. The van der Waals surface area contributed by atoms with Crippen molar-refractivity contribution in [1.82, 2.24) is 4.98 Å². The molecule has 0 fully saturated rings. The van der Waals surface area contributed by atoms with Gasteiger partial charge in [0, 0.05) is 25.3 Å². The summed E-state index contributed by atoms with van der Waals surface area (Å²) >= 11 is 1.75. The van der Waals surface area contributed by atoms with Gasteiger partial charge < -0.3 is 4.90 Å². The van der Waals surface area contributed by atoms with Gasteiger partial charge in [0.05, 0.1) is 10.2 Å². The van der Waals surface area contributed by atoms with Crippen LogP contribution >= 0.6 is 11.3 Å². The van der Waals surface area contributed by atoms with Crippen LogP contribution in [0.15, 0.2) is 66.7 Å². The second-order valence-corrected chi connectivity index (χ2v) is 7.96. The number of nitrogens with zero attached hydrogens (tertiary/aromatic N) is 2. The van der Waals surface area contributed by atoms with Crippen LogP contribution in [0.4, 0.5) is 5.69 Å². The number of fused-ring (bicyclic) bond motifs is 1. The Morgan fingerprint density at radius 3 is 2.07 bits per heavy atom. The van der Waals surface area contributed by atoms with E-state index < -0.39 is 0 Å². The highest BCUT2D eigenvalue weighted by atomic mass is 32.1. The smallest absolute Gasteiger partial charge is 0.124 e. The van der Waals surface area contributed by atoms with Crippen LogP contribution in [-0.4, -0.2) is 19.1 Å². The van der Waals surface area contributed by atoms with E-state index in [0.29, 0.717) is 0 Å². The topological polar surface area (TPSA) is 16.1 Å². The maximum absolute atomic E-state index is 4.79. The van der Waals surface area contributed by atoms with E-state index in [0.717, 1.165) is 10.5 Å². The van der Waals surface area contributed by atoms with Crippen molar-refractivity contribution < 1.29 is 0 Å². The van der Waals surface area contributed by atoms with Crippen LogP contribution in [0.2, 0.25) is 0 Å². The van der Waals surface area contributed by atoms with Gasteiger partial charge in [0.2, 0.25) is 0 Å². The molecule has 0 radical (unpaired) electrons. The lowest BCUT2D eigenvalue weighted by Gasteiger charge is -2.11. The zero-order valence-corrected chi connectivity index (χ0v) is 16.6. The standard InChI is InChI=1S/C24H22N2S/c1-17-4-15-23-22(16-17)25-24(27-23)20-11-7-18(8-12-20)5-6-19-9-13-21(14-10-19)26(2)3/h4-16H,1-3H3/b6-5+. The molecule has 0 bridgehead atoms. The van der Waals surface area contributed by atoms with E-state index >= 15 is 0 Å². The number of aromatic nitrogens is 1. The Hall–Kier alpha value is -2.91. The number of hydrogen-bond acceptors (Lipinski definition) is 3. The minimum absolute atomic E-state index is 1.07. The molecular formula is C24H22N2S. The first kappa shape index (κ1) is 17.5. The SMILES string of the molecule is Cc1ccc2sc(-c3ccc(/C=C/c4ccc(N(C)C)cc4)cc3)nc2c1. The number of anilines is 1. The normalized spacial score (nSPS) is 11.4. The Bertz CT molecular complexity index is 1090. The van der Waals surface area contributed by atoms with Gasteiger partial charge in [0.25, 0.3) is 0 Å². The second-order valence-electron chi connectivity index (χ2n) is 6.93. The molecule has 27 heavy (non-hydrogen) atoms. The molecule has 0 aliphatic rings. The van der Waals surface area contributed by atoms with Crippen molar-refractivity contribution in [2.24, 2.45) is 0 Å². The van der Waals surface area contributed by atoms with Crippen LogP contribution < -0.4 is 4.90 Å². The summed E-state index contributed by atoms with van der Waals surface area (Å²) in [5, 5.41) is 1.07. The molecule has 0 unspecified atom stereocenters. The van der Waals surface area contributed by atoms with E-state index in [1.54, 1.807) is 11.3 Å². The Balaban J connectivity index is 1.52. The summed E-state index contributed by atoms with van der Waals surface area (Å²) in [6.07, 6.45) is 4.30. The molecular weight excluding hydrogens is 348 g/mol. The first-order valence-corrected chi connectivity index (χ1v) is 9.83. The second kappa shape index (κ2) is 7.37. The average molecular weight is 371 g/mol. The predicted octanol–water partition coefficient (Wildman–Crippen LogP) is 6.51. The lowest BCUT2D eigenvalue weighted by atomic mass is 10.1. The molecule has 0 aliphatic heterocycles. The summed E-state index contributed by atoms with van der Waals surface area (Å²) < 4.78 is 1.24. The van der Waals surface area contributed by atoms with Crippen molar-refractivity contribution in [1.29, 1.82) is 0 Å².